The molecule has 2 rings (SSSR count). The van der Waals surface area contributed by atoms with Crippen LogP contribution in [0.15, 0.2) is 29.6 Å². The van der Waals surface area contributed by atoms with Gasteiger partial charge in [0.1, 0.15) is 4.75 Å². The molecule has 0 aliphatic rings. The second-order valence-corrected chi connectivity index (χ2v) is 5.42. The summed E-state index contributed by atoms with van der Waals surface area (Å²) in [5.74, 6) is -0.870. The highest BCUT2D eigenvalue weighted by Crippen LogP contribution is 2.31. The molecule has 1 N–H and O–H groups in total. The summed E-state index contributed by atoms with van der Waals surface area (Å²) in [6.45, 7) is 3.29. The number of hydrogen-bond acceptors (Lipinski definition) is 4. The summed E-state index contributed by atoms with van der Waals surface area (Å²) >= 11 is 1.18. The van der Waals surface area contributed by atoms with E-state index in [2.05, 4.69) is 10.2 Å². The third-order valence-corrected chi connectivity index (χ3v) is 3.29. The van der Waals surface area contributed by atoms with Gasteiger partial charge in [-0.25, -0.2) is 0 Å². The van der Waals surface area contributed by atoms with E-state index in [-0.39, 0.29) is 0 Å². The molecular weight excluding hydrogens is 226 g/mol. The first-order chi connectivity index (χ1) is 7.50. The fraction of sp³-hybridized carbons (Fsp3) is 0.300. The SMILES string of the molecule is CC(C)(Sc1nnc2ccccn12)C(=O)O. The van der Waals surface area contributed by atoms with E-state index in [0.717, 1.165) is 0 Å². The first-order valence-electron chi connectivity index (χ1n) is 4.73. The van der Waals surface area contributed by atoms with Crippen molar-refractivity contribution in [2.75, 3.05) is 0 Å². The maximum atomic E-state index is 11.0. The molecule has 0 aliphatic heterocycles. The Morgan fingerprint density at radius 3 is 2.88 bits per heavy atom. The quantitative estimate of drug-likeness (QED) is 0.823. The van der Waals surface area contributed by atoms with Gasteiger partial charge in [-0.05, 0) is 26.0 Å². The van der Waals surface area contributed by atoms with Gasteiger partial charge in [0.25, 0.3) is 0 Å². The smallest absolute Gasteiger partial charge is 0.319 e. The average molecular weight is 237 g/mol. The van der Waals surface area contributed by atoms with Crippen molar-refractivity contribution < 1.29 is 9.90 Å². The van der Waals surface area contributed by atoms with E-state index < -0.39 is 10.7 Å². The fourth-order valence-corrected chi connectivity index (χ4v) is 2.04. The lowest BCUT2D eigenvalue weighted by Gasteiger charge is -2.16. The Hall–Kier alpha value is -1.56. The molecule has 2 aromatic rings. The van der Waals surface area contributed by atoms with Crippen LogP contribution in [-0.4, -0.2) is 30.4 Å². The van der Waals surface area contributed by atoms with E-state index in [0.29, 0.717) is 10.8 Å². The monoisotopic (exact) mass is 237 g/mol. The number of aromatic nitrogens is 3. The van der Waals surface area contributed by atoms with E-state index in [9.17, 15) is 4.79 Å². The summed E-state index contributed by atoms with van der Waals surface area (Å²) < 4.78 is 0.855. The summed E-state index contributed by atoms with van der Waals surface area (Å²) in [7, 11) is 0. The summed E-state index contributed by atoms with van der Waals surface area (Å²) in [6, 6.07) is 5.54. The molecular formula is C10H11N3O2S. The van der Waals surface area contributed by atoms with Crippen molar-refractivity contribution in [2.24, 2.45) is 0 Å². The van der Waals surface area contributed by atoms with Crippen LogP contribution in [0.4, 0.5) is 0 Å². The zero-order chi connectivity index (χ0) is 11.8. The molecule has 0 spiro atoms. The highest BCUT2D eigenvalue weighted by atomic mass is 32.2. The minimum atomic E-state index is -0.918. The van der Waals surface area contributed by atoms with Crippen LogP contribution in [0.5, 0.6) is 0 Å². The maximum absolute atomic E-state index is 11.0. The number of aliphatic carboxylic acids is 1. The van der Waals surface area contributed by atoms with Gasteiger partial charge in [0.2, 0.25) is 0 Å². The summed E-state index contributed by atoms with van der Waals surface area (Å²) in [5, 5.41) is 17.6. The van der Waals surface area contributed by atoms with Gasteiger partial charge in [-0.2, -0.15) is 0 Å². The molecule has 0 aliphatic carbocycles. The van der Waals surface area contributed by atoms with Gasteiger partial charge in [0, 0.05) is 6.20 Å². The summed E-state index contributed by atoms with van der Waals surface area (Å²) in [6.07, 6.45) is 1.82. The molecule has 0 amide bonds. The van der Waals surface area contributed by atoms with Crippen molar-refractivity contribution in [3.8, 4) is 0 Å². The standard InChI is InChI=1S/C10H11N3O2S/c1-10(2,8(14)15)16-9-12-11-7-5-3-4-6-13(7)9/h3-6H,1-2H3,(H,14,15). The molecule has 0 radical (unpaired) electrons. The number of pyridine rings is 1. The van der Waals surface area contributed by atoms with E-state index in [1.807, 2.05) is 24.4 Å². The maximum Gasteiger partial charge on any atom is 0.319 e. The number of thioether (sulfide) groups is 1. The lowest BCUT2D eigenvalue weighted by atomic mass is 10.2. The van der Waals surface area contributed by atoms with Crippen LogP contribution in [0.25, 0.3) is 5.65 Å². The Bertz CT molecular complexity index is 536. The zero-order valence-electron chi connectivity index (χ0n) is 8.91. The molecule has 0 aromatic carbocycles. The Morgan fingerprint density at radius 2 is 2.19 bits per heavy atom. The van der Waals surface area contributed by atoms with Crippen molar-refractivity contribution in [1.82, 2.24) is 14.6 Å². The molecule has 0 unspecified atom stereocenters. The van der Waals surface area contributed by atoms with Gasteiger partial charge >= 0.3 is 5.97 Å². The predicted octanol–water partition coefficient (Wildman–Crippen LogP) is 1.68. The Balaban J connectivity index is 2.38. The van der Waals surface area contributed by atoms with E-state index in [1.165, 1.54) is 11.8 Å². The molecule has 16 heavy (non-hydrogen) atoms. The van der Waals surface area contributed by atoms with Crippen LogP contribution in [0.3, 0.4) is 0 Å². The lowest BCUT2D eigenvalue weighted by molar-refractivity contribution is -0.138. The predicted molar refractivity (Wildman–Crippen MR) is 60.6 cm³/mol. The molecule has 0 fully saturated rings. The number of rotatable bonds is 3. The van der Waals surface area contributed by atoms with Crippen molar-refractivity contribution in [1.29, 1.82) is 0 Å². The molecule has 0 saturated carbocycles. The third kappa shape index (κ3) is 1.88. The molecule has 84 valence electrons. The third-order valence-electron chi connectivity index (χ3n) is 2.14. The Morgan fingerprint density at radius 1 is 1.44 bits per heavy atom. The highest BCUT2D eigenvalue weighted by Gasteiger charge is 2.30. The van der Waals surface area contributed by atoms with Gasteiger partial charge in [-0.15, -0.1) is 10.2 Å². The fourth-order valence-electron chi connectivity index (χ4n) is 1.16. The Labute approximate surface area is 96.5 Å². The van der Waals surface area contributed by atoms with Gasteiger partial charge in [0.05, 0.1) is 0 Å². The first-order valence-corrected chi connectivity index (χ1v) is 5.54. The van der Waals surface area contributed by atoms with Crippen LogP contribution in [0.1, 0.15) is 13.8 Å². The van der Waals surface area contributed by atoms with Gasteiger partial charge in [-0.3, -0.25) is 9.20 Å². The normalized spacial score (nSPS) is 11.9. The molecule has 6 heteroatoms. The molecule has 0 atom stereocenters. The van der Waals surface area contributed by atoms with Gasteiger partial charge < -0.3 is 5.11 Å². The summed E-state index contributed by atoms with van der Waals surface area (Å²) in [5.41, 5.74) is 0.714. The molecule has 5 nitrogen and oxygen atoms in total. The number of carboxylic acids is 1. The van der Waals surface area contributed by atoms with Gasteiger partial charge in [0.15, 0.2) is 10.8 Å². The second kappa shape index (κ2) is 3.79. The van der Waals surface area contributed by atoms with Crippen LogP contribution < -0.4 is 0 Å². The van der Waals surface area contributed by atoms with Crippen LogP contribution >= 0.6 is 11.8 Å². The molecule has 0 saturated heterocycles. The molecule has 2 heterocycles. The van der Waals surface area contributed by atoms with E-state index in [1.54, 1.807) is 18.2 Å². The van der Waals surface area contributed by atoms with E-state index in [4.69, 9.17) is 5.11 Å². The molecule has 0 bridgehead atoms. The van der Waals surface area contributed by atoms with Crippen molar-refractivity contribution in [3.63, 3.8) is 0 Å². The van der Waals surface area contributed by atoms with Crippen molar-refractivity contribution >= 4 is 23.4 Å². The largest absolute Gasteiger partial charge is 0.480 e. The minimum Gasteiger partial charge on any atom is -0.480 e. The highest BCUT2D eigenvalue weighted by molar-refractivity contribution is 8.01. The van der Waals surface area contributed by atoms with Crippen LogP contribution in [0, 0.1) is 0 Å². The van der Waals surface area contributed by atoms with E-state index >= 15 is 0 Å². The second-order valence-electron chi connectivity index (χ2n) is 3.83. The van der Waals surface area contributed by atoms with Gasteiger partial charge in [-0.1, -0.05) is 17.8 Å². The number of fused-ring (bicyclic) bond motifs is 1. The topological polar surface area (TPSA) is 67.5 Å². The lowest BCUT2D eigenvalue weighted by Crippen LogP contribution is -2.27. The van der Waals surface area contributed by atoms with Crippen LogP contribution in [0.2, 0.25) is 0 Å². The number of carboxylic acid groups (broad SMARTS) is 1. The van der Waals surface area contributed by atoms with Crippen LogP contribution in [-0.2, 0) is 4.79 Å². The number of carbonyl (C=O) groups is 1. The minimum absolute atomic E-state index is 0.586. The number of nitrogens with zero attached hydrogens (tertiary/aromatic N) is 3. The Kier molecular flexibility index (Phi) is 2.59. The summed E-state index contributed by atoms with van der Waals surface area (Å²) in [4.78, 5) is 11.0. The molecule has 2 aromatic heterocycles. The zero-order valence-corrected chi connectivity index (χ0v) is 9.73. The average Bonchev–Trinajstić information content (AvgIpc) is 2.61. The first kappa shape index (κ1) is 10.9. The van der Waals surface area contributed by atoms with Crippen molar-refractivity contribution in [2.45, 2.75) is 23.8 Å². The number of hydrogen-bond donors (Lipinski definition) is 1. The van der Waals surface area contributed by atoms with Crippen molar-refractivity contribution in [3.05, 3.63) is 24.4 Å².